The Morgan fingerprint density at radius 3 is 2.79 bits per heavy atom. The summed E-state index contributed by atoms with van der Waals surface area (Å²) >= 11 is 7.41. The van der Waals surface area contributed by atoms with Crippen LogP contribution < -0.4 is 5.32 Å². The molecule has 1 aromatic rings. The Morgan fingerprint density at radius 2 is 2.32 bits per heavy atom. The Hall–Kier alpha value is -0.620. The number of halogens is 1. The summed E-state index contributed by atoms with van der Waals surface area (Å²) in [6.45, 7) is 7.04. The van der Waals surface area contributed by atoms with Gasteiger partial charge < -0.3 is 15.0 Å². The minimum Gasteiger partial charge on any atom is -0.363 e. The van der Waals surface area contributed by atoms with E-state index in [2.05, 4.69) is 5.32 Å². The number of ether oxygens (including phenoxy) is 1. The summed E-state index contributed by atoms with van der Waals surface area (Å²) in [4.78, 5) is 15.0. The number of hydrogen-bond acceptors (Lipinski definition) is 4. The lowest BCUT2D eigenvalue weighted by Gasteiger charge is -2.39. The zero-order chi connectivity index (χ0) is 13.9. The summed E-state index contributed by atoms with van der Waals surface area (Å²) < 4.78 is 6.43. The number of amides is 1. The first-order chi connectivity index (χ1) is 9.02. The van der Waals surface area contributed by atoms with Crippen LogP contribution in [0.4, 0.5) is 0 Å². The molecule has 1 saturated heterocycles. The molecule has 0 unspecified atom stereocenters. The van der Waals surface area contributed by atoms with E-state index in [0.717, 1.165) is 22.3 Å². The molecule has 1 amide bonds. The van der Waals surface area contributed by atoms with Gasteiger partial charge in [-0.25, -0.2) is 0 Å². The first-order valence-electron chi connectivity index (χ1n) is 6.39. The van der Waals surface area contributed by atoms with Crippen LogP contribution in [-0.4, -0.2) is 42.6 Å². The van der Waals surface area contributed by atoms with E-state index in [1.54, 1.807) is 4.90 Å². The normalized spacial score (nSPS) is 17.0. The third-order valence-electron chi connectivity index (χ3n) is 3.25. The number of likely N-dealkylation sites (N-methyl/N-ethyl adjacent to an activating group) is 1. The zero-order valence-electron chi connectivity index (χ0n) is 11.2. The van der Waals surface area contributed by atoms with Crippen molar-refractivity contribution in [3.8, 4) is 0 Å². The van der Waals surface area contributed by atoms with Gasteiger partial charge in [0.2, 0.25) is 5.91 Å². The second kappa shape index (κ2) is 6.22. The highest BCUT2D eigenvalue weighted by atomic mass is 35.5. The second-order valence-electron chi connectivity index (χ2n) is 4.96. The lowest BCUT2D eigenvalue weighted by Crippen LogP contribution is -2.59. The van der Waals surface area contributed by atoms with Gasteiger partial charge in [0.05, 0.1) is 16.5 Å². The fourth-order valence-electron chi connectivity index (χ4n) is 1.91. The van der Waals surface area contributed by atoms with Gasteiger partial charge in [-0.3, -0.25) is 4.79 Å². The third kappa shape index (κ3) is 3.92. The summed E-state index contributed by atoms with van der Waals surface area (Å²) in [5.41, 5.74) is -0.179. The van der Waals surface area contributed by atoms with Gasteiger partial charge in [0.1, 0.15) is 6.61 Å². The van der Waals surface area contributed by atoms with Gasteiger partial charge in [-0.15, -0.1) is 11.3 Å². The lowest BCUT2D eigenvalue weighted by molar-refractivity contribution is -0.146. The molecule has 0 atom stereocenters. The van der Waals surface area contributed by atoms with Gasteiger partial charge in [-0.2, -0.15) is 0 Å². The Balaban J connectivity index is 1.84. The van der Waals surface area contributed by atoms with Gasteiger partial charge in [0, 0.05) is 24.5 Å². The van der Waals surface area contributed by atoms with E-state index in [1.165, 1.54) is 11.3 Å². The van der Waals surface area contributed by atoms with E-state index in [4.69, 9.17) is 16.3 Å². The number of nitrogens with one attached hydrogen (secondary N) is 1. The molecule has 0 aliphatic carbocycles. The maximum atomic E-state index is 12.1. The molecule has 0 bridgehead atoms. The molecule has 1 aliphatic heterocycles. The highest BCUT2D eigenvalue weighted by molar-refractivity contribution is 7.16. The fraction of sp³-hybridized carbons (Fsp3) is 0.615. The first-order valence-corrected chi connectivity index (χ1v) is 7.58. The zero-order valence-corrected chi connectivity index (χ0v) is 12.8. The van der Waals surface area contributed by atoms with Crippen LogP contribution in [0.5, 0.6) is 0 Å². The van der Waals surface area contributed by atoms with E-state index in [-0.39, 0.29) is 18.1 Å². The van der Waals surface area contributed by atoms with Crippen molar-refractivity contribution in [1.82, 2.24) is 10.2 Å². The van der Waals surface area contributed by atoms with E-state index in [9.17, 15) is 4.79 Å². The molecule has 0 spiro atoms. The largest absolute Gasteiger partial charge is 0.363 e. The molecule has 1 aliphatic rings. The van der Waals surface area contributed by atoms with Crippen molar-refractivity contribution < 1.29 is 9.53 Å². The summed E-state index contributed by atoms with van der Waals surface area (Å²) in [5.74, 6) is 0.0279. The predicted molar refractivity (Wildman–Crippen MR) is 77.6 cm³/mol. The number of rotatable bonds is 6. The standard InChI is InChI=1S/C13H19ClN2O2S/c1-3-16(6-10-4-5-11(14)19-10)12(17)7-18-13(2)8-15-9-13/h4-5,15H,3,6-9H2,1-2H3. The van der Waals surface area contributed by atoms with Crippen LogP contribution in [0.2, 0.25) is 4.34 Å². The maximum Gasteiger partial charge on any atom is 0.248 e. The average Bonchev–Trinajstić information content (AvgIpc) is 2.76. The Labute approximate surface area is 122 Å². The smallest absolute Gasteiger partial charge is 0.248 e. The van der Waals surface area contributed by atoms with E-state index < -0.39 is 0 Å². The highest BCUT2D eigenvalue weighted by Gasteiger charge is 2.33. The SMILES string of the molecule is CCN(Cc1ccc(Cl)s1)C(=O)COC1(C)CNC1. The van der Waals surface area contributed by atoms with Gasteiger partial charge in [0.25, 0.3) is 0 Å². The molecule has 1 N–H and O–H groups in total. The van der Waals surface area contributed by atoms with Crippen LogP contribution in [-0.2, 0) is 16.1 Å². The average molecular weight is 303 g/mol. The molecule has 2 heterocycles. The number of thiophene rings is 1. The molecule has 2 rings (SSSR count). The van der Waals surface area contributed by atoms with Gasteiger partial charge >= 0.3 is 0 Å². The highest BCUT2D eigenvalue weighted by Crippen LogP contribution is 2.23. The van der Waals surface area contributed by atoms with Crippen molar-refractivity contribution in [2.24, 2.45) is 0 Å². The predicted octanol–water partition coefficient (Wildman–Crippen LogP) is 2.13. The Kier molecular flexibility index (Phi) is 4.84. The van der Waals surface area contributed by atoms with Gasteiger partial charge in [-0.05, 0) is 26.0 Å². The fourth-order valence-corrected chi connectivity index (χ4v) is 3.01. The molecular weight excluding hydrogens is 284 g/mol. The van der Waals surface area contributed by atoms with Crippen LogP contribution in [0, 0.1) is 0 Å². The molecule has 106 valence electrons. The van der Waals surface area contributed by atoms with Crippen molar-refractivity contribution in [2.75, 3.05) is 26.2 Å². The quantitative estimate of drug-likeness (QED) is 0.875. The molecule has 4 nitrogen and oxygen atoms in total. The number of hydrogen-bond donors (Lipinski definition) is 1. The van der Waals surface area contributed by atoms with Crippen LogP contribution in [0.3, 0.4) is 0 Å². The first kappa shape index (κ1) is 14.8. The van der Waals surface area contributed by atoms with Crippen LogP contribution in [0.15, 0.2) is 12.1 Å². The Bertz CT molecular complexity index is 446. The van der Waals surface area contributed by atoms with Crippen LogP contribution in [0.1, 0.15) is 18.7 Å². The summed E-state index contributed by atoms with van der Waals surface area (Å²) in [5, 5.41) is 3.15. The van der Waals surface area contributed by atoms with Crippen molar-refractivity contribution in [2.45, 2.75) is 26.0 Å². The molecule has 1 fully saturated rings. The topological polar surface area (TPSA) is 41.6 Å². The molecule has 1 aromatic heterocycles. The van der Waals surface area contributed by atoms with Crippen LogP contribution >= 0.6 is 22.9 Å². The minimum absolute atomic E-state index is 0.0279. The summed E-state index contributed by atoms with van der Waals surface area (Å²) in [6.07, 6.45) is 0. The van der Waals surface area contributed by atoms with Crippen molar-refractivity contribution >= 4 is 28.8 Å². The third-order valence-corrected chi connectivity index (χ3v) is 4.47. The van der Waals surface area contributed by atoms with Crippen molar-refractivity contribution in [3.05, 3.63) is 21.3 Å². The van der Waals surface area contributed by atoms with E-state index in [1.807, 2.05) is 26.0 Å². The molecule has 0 radical (unpaired) electrons. The summed E-state index contributed by atoms with van der Waals surface area (Å²) in [6, 6.07) is 3.82. The molecule has 0 saturated carbocycles. The number of nitrogens with zero attached hydrogens (tertiary/aromatic N) is 1. The van der Waals surface area contributed by atoms with E-state index in [0.29, 0.717) is 13.1 Å². The Morgan fingerprint density at radius 1 is 1.58 bits per heavy atom. The lowest BCUT2D eigenvalue weighted by atomic mass is 10.0. The van der Waals surface area contributed by atoms with Crippen molar-refractivity contribution in [3.63, 3.8) is 0 Å². The monoisotopic (exact) mass is 302 g/mol. The molecular formula is C13H19ClN2O2S. The van der Waals surface area contributed by atoms with Crippen molar-refractivity contribution in [1.29, 1.82) is 0 Å². The van der Waals surface area contributed by atoms with Gasteiger partial charge in [0.15, 0.2) is 0 Å². The van der Waals surface area contributed by atoms with Crippen LogP contribution in [0.25, 0.3) is 0 Å². The van der Waals surface area contributed by atoms with Gasteiger partial charge in [-0.1, -0.05) is 11.6 Å². The molecule has 19 heavy (non-hydrogen) atoms. The number of carbonyl (C=O) groups excluding carboxylic acids is 1. The number of carbonyl (C=O) groups is 1. The summed E-state index contributed by atoms with van der Waals surface area (Å²) in [7, 11) is 0. The second-order valence-corrected chi connectivity index (χ2v) is 6.76. The maximum absolute atomic E-state index is 12.1. The van der Waals surface area contributed by atoms with E-state index >= 15 is 0 Å². The molecule has 6 heteroatoms. The molecule has 0 aromatic carbocycles. The minimum atomic E-state index is -0.179.